The van der Waals surface area contributed by atoms with Crippen LogP contribution in [0.15, 0.2) is 66.7 Å². The number of aromatic nitrogens is 2. The average Bonchev–Trinajstić information content (AvgIpc) is 3.19. The van der Waals surface area contributed by atoms with Crippen LogP contribution in [0.3, 0.4) is 0 Å². The van der Waals surface area contributed by atoms with E-state index in [0.29, 0.717) is 28.9 Å². The first-order chi connectivity index (χ1) is 17.7. The number of rotatable bonds is 7. The maximum Gasteiger partial charge on any atom is 0.309 e. The minimum Gasteiger partial charge on any atom is -0.407 e. The van der Waals surface area contributed by atoms with Gasteiger partial charge in [0.25, 0.3) is 0 Å². The summed E-state index contributed by atoms with van der Waals surface area (Å²) in [4.78, 5) is 24.4. The first-order valence-corrected chi connectivity index (χ1v) is 12.2. The number of esters is 1. The molecule has 7 heteroatoms. The molecule has 1 aromatic heterocycles. The van der Waals surface area contributed by atoms with Gasteiger partial charge in [-0.2, -0.15) is 9.78 Å². The summed E-state index contributed by atoms with van der Waals surface area (Å²) >= 11 is 0. The van der Waals surface area contributed by atoms with E-state index in [0.717, 1.165) is 16.8 Å². The molecule has 0 fully saturated rings. The number of hydrogen-bond acceptors (Lipinski definition) is 4. The maximum absolute atomic E-state index is 15.0. The van der Waals surface area contributed by atoms with Crippen molar-refractivity contribution >= 4 is 17.6 Å². The Morgan fingerprint density at radius 1 is 1.00 bits per heavy atom. The number of carbonyl (C=O) groups is 2. The predicted molar refractivity (Wildman–Crippen MR) is 143 cm³/mol. The van der Waals surface area contributed by atoms with E-state index < -0.39 is 11.8 Å². The number of aryl methyl sites for hydroxylation is 1. The fraction of sp³-hybridized carbons (Fsp3) is 0.233. The largest absolute Gasteiger partial charge is 0.407 e. The van der Waals surface area contributed by atoms with Gasteiger partial charge >= 0.3 is 5.97 Å². The number of halogens is 1. The van der Waals surface area contributed by atoms with E-state index in [1.807, 2.05) is 45.9 Å². The molecule has 0 saturated heterocycles. The molecular weight excluding hydrogens is 469 g/mol. The lowest BCUT2D eigenvalue weighted by Crippen LogP contribution is -2.13. The van der Waals surface area contributed by atoms with Crippen LogP contribution in [0.4, 0.5) is 10.1 Å². The van der Waals surface area contributed by atoms with Gasteiger partial charge in [-0.1, -0.05) is 50.2 Å². The van der Waals surface area contributed by atoms with Crippen molar-refractivity contribution in [2.75, 3.05) is 5.32 Å². The normalized spacial score (nSPS) is 11.0. The Bertz CT molecular complexity index is 1460. The Hall–Kier alpha value is -4.26. The van der Waals surface area contributed by atoms with Crippen molar-refractivity contribution in [2.24, 2.45) is 5.92 Å². The number of ether oxygens (including phenoxy) is 1. The van der Waals surface area contributed by atoms with Crippen molar-refractivity contribution in [3.8, 4) is 34.0 Å². The molecule has 0 aliphatic carbocycles. The van der Waals surface area contributed by atoms with Gasteiger partial charge in [-0.15, -0.1) is 0 Å². The lowest BCUT2D eigenvalue weighted by molar-refractivity contribution is -0.132. The van der Waals surface area contributed by atoms with E-state index in [9.17, 15) is 9.59 Å². The van der Waals surface area contributed by atoms with Crippen LogP contribution in [0.1, 0.15) is 38.3 Å². The van der Waals surface area contributed by atoms with Crippen molar-refractivity contribution < 1.29 is 18.7 Å². The molecule has 1 heterocycles. The number of nitrogens with one attached hydrogen (secondary N) is 1. The third-order valence-electron chi connectivity index (χ3n) is 6.07. The van der Waals surface area contributed by atoms with Gasteiger partial charge in [0.05, 0.1) is 11.3 Å². The summed E-state index contributed by atoms with van der Waals surface area (Å²) in [6.07, 6.45) is 0.415. The molecule has 6 nitrogen and oxygen atoms in total. The zero-order valence-electron chi connectivity index (χ0n) is 21.6. The lowest BCUT2D eigenvalue weighted by Gasteiger charge is -2.13. The van der Waals surface area contributed by atoms with Crippen LogP contribution in [-0.4, -0.2) is 21.7 Å². The summed E-state index contributed by atoms with van der Waals surface area (Å²) in [6.45, 7) is 9.23. The van der Waals surface area contributed by atoms with E-state index in [1.54, 1.807) is 47.1 Å². The molecule has 1 amide bonds. The van der Waals surface area contributed by atoms with Crippen LogP contribution in [-0.2, 0) is 9.59 Å². The lowest BCUT2D eigenvalue weighted by atomic mass is 10.0. The van der Waals surface area contributed by atoms with E-state index in [1.165, 1.54) is 13.0 Å². The highest BCUT2D eigenvalue weighted by molar-refractivity contribution is 5.92. The molecule has 1 N–H and O–H groups in total. The van der Waals surface area contributed by atoms with Crippen LogP contribution < -0.4 is 10.1 Å². The quantitative estimate of drug-likeness (QED) is 0.282. The van der Waals surface area contributed by atoms with Crippen LogP contribution >= 0.6 is 0 Å². The van der Waals surface area contributed by atoms with Gasteiger partial charge in [-0.25, -0.2) is 4.39 Å². The Labute approximate surface area is 216 Å². The molecule has 4 rings (SSSR count). The Morgan fingerprint density at radius 3 is 2.35 bits per heavy atom. The fourth-order valence-corrected chi connectivity index (χ4v) is 4.17. The van der Waals surface area contributed by atoms with Gasteiger partial charge in [-0.3, -0.25) is 9.59 Å². The number of carbonyl (C=O) groups excluding carboxylic acids is 2. The zero-order valence-corrected chi connectivity index (χ0v) is 21.6. The van der Waals surface area contributed by atoms with Crippen molar-refractivity contribution in [1.82, 2.24) is 9.78 Å². The molecule has 0 bridgehead atoms. The minimum atomic E-state index is -0.523. The Balaban J connectivity index is 1.92. The van der Waals surface area contributed by atoms with Gasteiger partial charge in [0.15, 0.2) is 0 Å². The summed E-state index contributed by atoms with van der Waals surface area (Å²) in [5.74, 6) is -0.606. The topological polar surface area (TPSA) is 73.2 Å². The van der Waals surface area contributed by atoms with Crippen molar-refractivity contribution in [1.29, 1.82) is 0 Å². The van der Waals surface area contributed by atoms with E-state index in [2.05, 4.69) is 5.32 Å². The number of hydrogen-bond donors (Lipinski definition) is 1. The second kappa shape index (κ2) is 10.8. The molecular formula is C30H30FN3O3. The molecule has 0 unspecified atom stereocenters. The third-order valence-corrected chi connectivity index (χ3v) is 6.07. The standard InChI is InChI=1S/C30H30FN3O3/c1-18(2)17-27(36)32-23-15-13-22(14-16-23)28-29(24-10-6-7-11-25(24)31)33-34(30(28)37-21(5)35)26-12-8-9-19(3)20(26)4/h6-16,18H,17H2,1-5H3,(H,32,36). The van der Waals surface area contributed by atoms with Crippen molar-refractivity contribution in [3.05, 3.63) is 83.7 Å². The fourth-order valence-electron chi connectivity index (χ4n) is 4.17. The van der Waals surface area contributed by atoms with Gasteiger partial charge in [0, 0.05) is 24.6 Å². The molecule has 0 atom stereocenters. The summed E-state index contributed by atoms with van der Waals surface area (Å²) in [5.41, 5.74) is 5.10. The first kappa shape index (κ1) is 25.8. The Kier molecular flexibility index (Phi) is 7.53. The van der Waals surface area contributed by atoms with Crippen LogP contribution in [0.25, 0.3) is 28.1 Å². The molecule has 3 aromatic carbocycles. The predicted octanol–water partition coefficient (Wildman–Crippen LogP) is 6.87. The molecule has 0 saturated carbocycles. The van der Waals surface area contributed by atoms with Crippen LogP contribution in [0, 0.1) is 25.6 Å². The molecule has 0 aliphatic heterocycles. The highest BCUT2D eigenvalue weighted by Crippen LogP contribution is 2.42. The number of amides is 1. The molecule has 4 aromatic rings. The summed E-state index contributed by atoms with van der Waals surface area (Å²) in [7, 11) is 0. The monoisotopic (exact) mass is 499 g/mol. The van der Waals surface area contributed by atoms with Crippen molar-refractivity contribution in [3.63, 3.8) is 0 Å². The maximum atomic E-state index is 15.0. The first-order valence-electron chi connectivity index (χ1n) is 12.2. The smallest absolute Gasteiger partial charge is 0.309 e. The molecule has 0 radical (unpaired) electrons. The molecule has 0 spiro atoms. The highest BCUT2D eigenvalue weighted by Gasteiger charge is 2.26. The number of nitrogens with zero attached hydrogens (tertiary/aromatic N) is 2. The number of anilines is 1. The minimum absolute atomic E-state index is 0.0712. The van der Waals surface area contributed by atoms with E-state index in [4.69, 9.17) is 9.84 Å². The second-order valence-corrected chi connectivity index (χ2v) is 9.46. The zero-order chi connectivity index (χ0) is 26.7. The third kappa shape index (κ3) is 5.61. The molecule has 190 valence electrons. The van der Waals surface area contributed by atoms with Gasteiger partial charge in [0.2, 0.25) is 11.8 Å². The van der Waals surface area contributed by atoms with Gasteiger partial charge < -0.3 is 10.1 Å². The second-order valence-electron chi connectivity index (χ2n) is 9.46. The Morgan fingerprint density at radius 2 is 1.70 bits per heavy atom. The molecule has 0 aliphatic rings. The summed E-state index contributed by atoms with van der Waals surface area (Å²) in [6, 6.07) is 19.3. The van der Waals surface area contributed by atoms with Crippen LogP contribution in [0.2, 0.25) is 0 Å². The number of benzene rings is 3. The van der Waals surface area contributed by atoms with Crippen molar-refractivity contribution in [2.45, 2.75) is 41.0 Å². The highest BCUT2D eigenvalue weighted by atomic mass is 19.1. The molecule has 37 heavy (non-hydrogen) atoms. The summed E-state index contributed by atoms with van der Waals surface area (Å²) in [5, 5.41) is 7.67. The van der Waals surface area contributed by atoms with E-state index >= 15 is 4.39 Å². The average molecular weight is 500 g/mol. The summed E-state index contributed by atoms with van der Waals surface area (Å²) < 4.78 is 22.3. The van der Waals surface area contributed by atoms with Gasteiger partial charge in [-0.05, 0) is 66.8 Å². The van der Waals surface area contributed by atoms with E-state index in [-0.39, 0.29) is 23.3 Å². The van der Waals surface area contributed by atoms with Crippen LogP contribution in [0.5, 0.6) is 5.88 Å². The SMILES string of the molecule is CC(=O)Oc1c(-c2ccc(NC(=O)CC(C)C)cc2)c(-c2ccccc2F)nn1-c1cccc(C)c1C. The van der Waals surface area contributed by atoms with Gasteiger partial charge in [0.1, 0.15) is 11.5 Å².